The number of benzene rings is 1. The van der Waals surface area contributed by atoms with Crippen LogP contribution in [0.4, 0.5) is 52.7 Å². The van der Waals surface area contributed by atoms with E-state index in [2.05, 4.69) is 4.74 Å². The van der Waals surface area contributed by atoms with Crippen molar-refractivity contribution >= 4 is 28.5 Å². The quantitative estimate of drug-likeness (QED) is 0.218. The summed E-state index contributed by atoms with van der Waals surface area (Å²) in [5.41, 5.74) is 0.224. The molecule has 0 aliphatic rings. The summed E-state index contributed by atoms with van der Waals surface area (Å²) in [4.78, 5) is 11.8. The van der Waals surface area contributed by atoms with Gasteiger partial charge in [-0.2, -0.15) is 43.9 Å². The zero-order valence-corrected chi connectivity index (χ0v) is 17.4. The predicted octanol–water partition coefficient (Wildman–Crippen LogP) is 6.63. The number of rotatable bonds is 12. The highest BCUT2D eigenvalue weighted by atomic mass is 35.5. The molecule has 0 amide bonds. The first-order chi connectivity index (χ1) is 14.8. The minimum absolute atomic E-state index is 0.224. The van der Waals surface area contributed by atoms with E-state index in [1.807, 2.05) is 0 Å². The fraction of sp³-hybridized carbons (Fsp3) is 0.588. The van der Waals surface area contributed by atoms with Crippen molar-refractivity contribution in [3.63, 3.8) is 0 Å². The fourth-order valence-electron chi connectivity index (χ4n) is 2.05. The van der Waals surface area contributed by atoms with Gasteiger partial charge >= 0.3 is 36.0 Å². The van der Waals surface area contributed by atoms with Crippen LogP contribution in [-0.2, 0) is 4.74 Å². The van der Waals surface area contributed by atoms with E-state index in [0.29, 0.717) is 11.8 Å². The summed E-state index contributed by atoms with van der Waals surface area (Å²) in [6.45, 7) is -3.77. The number of alkyl halides is 13. The molecular weight excluding hydrogens is 532 g/mol. The third kappa shape index (κ3) is 6.02. The lowest BCUT2D eigenvalue weighted by atomic mass is 9.94. The summed E-state index contributed by atoms with van der Waals surface area (Å²) in [5, 5.41) is -1.86. The summed E-state index contributed by atoms with van der Waals surface area (Å²) in [7, 11) is 0. The van der Waals surface area contributed by atoms with Crippen molar-refractivity contribution in [1.29, 1.82) is 0 Å². The van der Waals surface area contributed by atoms with Crippen molar-refractivity contribution in [3.05, 3.63) is 35.9 Å². The Morgan fingerprint density at radius 3 is 1.88 bits per heavy atom. The maximum atomic E-state index is 13.6. The highest BCUT2D eigenvalue weighted by Gasteiger charge is 2.87. The smallest absolute Gasteiger partial charge is 0.373 e. The standard InChI is InChI=1S/C17H13ClF12O2S/c18-10(7-33-11(31)9-4-2-1-3-5-9)6-32-8-13(21,22)15(25,26)17(29,30)16(27,28)14(23,24)12(19)20/h1-5,10,12H,6-8H2. The van der Waals surface area contributed by atoms with Crippen LogP contribution in [0.25, 0.3) is 0 Å². The molecule has 0 aliphatic carbocycles. The molecule has 0 spiro atoms. The molecule has 0 saturated carbocycles. The lowest BCUT2D eigenvalue weighted by Crippen LogP contribution is -2.69. The Morgan fingerprint density at radius 1 is 0.879 bits per heavy atom. The molecule has 0 heterocycles. The van der Waals surface area contributed by atoms with Gasteiger partial charge in [-0.15, -0.1) is 11.6 Å². The second-order valence-electron chi connectivity index (χ2n) is 6.43. The Labute approximate surface area is 187 Å². The zero-order valence-electron chi connectivity index (χ0n) is 15.8. The van der Waals surface area contributed by atoms with Gasteiger partial charge in [0.2, 0.25) is 5.12 Å². The first-order valence-electron chi connectivity index (χ1n) is 8.44. The molecule has 1 rings (SSSR count). The van der Waals surface area contributed by atoms with E-state index in [1.54, 1.807) is 6.07 Å². The number of carbonyl (C=O) groups excluding carboxylic acids is 1. The van der Waals surface area contributed by atoms with Crippen LogP contribution in [0.1, 0.15) is 10.4 Å². The Balaban J connectivity index is 2.78. The van der Waals surface area contributed by atoms with Gasteiger partial charge in [-0.1, -0.05) is 42.1 Å². The molecular formula is C17H13ClF12O2S. The zero-order chi connectivity index (χ0) is 25.9. The maximum Gasteiger partial charge on any atom is 0.384 e. The molecule has 0 N–H and O–H groups in total. The first kappa shape index (κ1) is 29.7. The van der Waals surface area contributed by atoms with Crippen LogP contribution in [-0.4, -0.2) is 65.5 Å². The average molecular weight is 545 g/mol. The number of hydrogen-bond acceptors (Lipinski definition) is 3. The van der Waals surface area contributed by atoms with Gasteiger partial charge in [-0.3, -0.25) is 4.79 Å². The first-order valence-corrected chi connectivity index (χ1v) is 9.86. The van der Waals surface area contributed by atoms with E-state index in [9.17, 15) is 57.5 Å². The van der Waals surface area contributed by atoms with Gasteiger partial charge in [0.05, 0.1) is 12.0 Å². The molecule has 2 nitrogen and oxygen atoms in total. The van der Waals surface area contributed by atoms with Crippen molar-refractivity contribution in [2.24, 2.45) is 0 Å². The summed E-state index contributed by atoms with van der Waals surface area (Å²) in [6.07, 6.45) is -5.56. The number of thioether (sulfide) groups is 1. The van der Waals surface area contributed by atoms with Crippen LogP contribution in [0.5, 0.6) is 0 Å². The third-order valence-electron chi connectivity index (χ3n) is 3.93. The lowest BCUT2D eigenvalue weighted by molar-refractivity contribution is -0.415. The fourth-order valence-corrected chi connectivity index (χ4v) is 3.06. The van der Waals surface area contributed by atoms with Gasteiger partial charge in [-0.25, -0.2) is 8.78 Å². The van der Waals surface area contributed by atoms with Crippen molar-refractivity contribution in [1.82, 2.24) is 0 Å². The Morgan fingerprint density at radius 2 is 1.39 bits per heavy atom. The van der Waals surface area contributed by atoms with Gasteiger partial charge in [0, 0.05) is 11.3 Å². The SMILES string of the molecule is O=C(SCC(Cl)COCC(F)(F)C(F)(F)C(F)(F)C(F)(F)C(F)(F)C(F)F)c1ccccc1. The molecule has 1 aromatic rings. The van der Waals surface area contributed by atoms with E-state index in [0.717, 1.165) is 0 Å². The van der Waals surface area contributed by atoms with Gasteiger partial charge in [0.25, 0.3) is 0 Å². The summed E-state index contributed by atoms with van der Waals surface area (Å²) < 4.78 is 161. The second kappa shape index (κ2) is 10.5. The maximum absolute atomic E-state index is 13.6. The number of ether oxygens (including phenoxy) is 1. The average Bonchev–Trinajstić information content (AvgIpc) is 2.71. The molecule has 0 bridgehead atoms. The van der Waals surface area contributed by atoms with Crippen LogP contribution in [0.2, 0.25) is 0 Å². The number of carbonyl (C=O) groups is 1. The van der Waals surface area contributed by atoms with Crippen molar-refractivity contribution < 1.29 is 62.2 Å². The largest absolute Gasteiger partial charge is 0.384 e. The highest BCUT2D eigenvalue weighted by Crippen LogP contribution is 2.58. The minimum Gasteiger partial charge on any atom is -0.373 e. The molecule has 0 radical (unpaired) electrons. The molecule has 190 valence electrons. The molecule has 1 atom stereocenters. The van der Waals surface area contributed by atoms with Crippen molar-refractivity contribution in [3.8, 4) is 0 Å². The molecule has 1 aromatic carbocycles. The van der Waals surface area contributed by atoms with E-state index in [-0.39, 0.29) is 11.3 Å². The Bertz CT molecular complexity index is 791. The summed E-state index contributed by atoms with van der Waals surface area (Å²) >= 11 is 6.19. The van der Waals surface area contributed by atoms with Gasteiger partial charge in [-0.05, 0) is 0 Å². The molecule has 0 saturated heterocycles. The lowest BCUT2D eigenvalue weighted by Gasteiger charge is -2.39. The molecule has 0 aromatic heterocycles. The third-order valence-corrected chi connectivity index (χ3v) is 5.46. The van der Waals surface area contributed by atoms with Gasteiger partial charge in [0.15, 0.2) is 0 Å². The van der Waals surface area contributed by atoms with Gasteiger partial charge in [0.1, 0.15) is 6.61 Å². The van der Waals surface area contributed by atoms with E-state index < -0.39 is 59.7 Å². The molecule has 1 unspecified atom stereocenters. The molecule has 0 fully saturated rings. The summed E-state index contributed by atoms with van der Waals surface area (Å²) in [5.74, 6) is -36.0. The van der Waals surface area contributed by atoms with Crippen LogP contribution >= 0.6 is 23.4 Å². The van der Waals surface area contributed by atoms with E-state index in [4.69, 9.17) is 11.6 Å². The number of halogens is 13. The molecule has 16 heteroatoms. The molecule has 0 aliphatic heterocycles. The second-order valence-corrected chi connectivity index (χ2v) is 8.04. The number of hydrogen-bond donors (Lipinski definition) is 0. The summed E-state index contributed by atoms with van der Waals surface area (Å²) in [6, 6.07) is 7.49. The highest BCUT2D eigenvalue weighted by molar-refractivity contribution is 8.14. The normalized spacial score (nSPS) is 15.1. The van der Waals surface area contributed by atoms with Crippen LogP contribution in [0, 0.1) is 0 Å². The minimum atomic E-state index is -7.61. The topological polar surface area (TPSA) is 26.3 Å². The monoisotopic (exact) mass is 544 g/mol. The predicted molar refractivity (Wildman–Crippen MR) is 94.4 cm³/mol. The van der Waals surface area contributed by atoms with Crippen molar-refractivity contribution in [2.45, 2.75) is 41.4 Å². The van der Waals surface area contributed by atoms with Crippen LogP contribution in [0.15, 0.2) is 30.3 Å². The Hall–Kier alpha value is -1.35. The van der Waals surface area contributed by atoms with E-state index >= 15 is 0 Å². The van der Waals surface area contributed by atoms with Crippen LogP contribution in [0.3, 0.4) is 0 Å². The van der Waals surface area contributed by atoms with Crippen LogP contribution < -0.4 is 0 Å². The van der Waals surface area contributed by atoms with E-state index in [1.165, 1.54) is 24.3 Å². The van der Waals surface area contributed by atoms with Gasteiger partial charge < -0.3 is 4.74 Å². The molecule has 33 heavy (non-hydrogen) atoms. The Kier molecular flexibility index (Phi) is 9.45. The van der Waals surface area contributed by atoms with Crippen molar-refractivity contribution in [2.75, 3.05) is 19.0 Å².